The minimum atomic E-state index is -0.313. The van der Waals surface area contributed by atoms with Crippen LogP contribution in [0.25, 0.3) is 0 Å². The summed E-state index contributed by atoms with van der Waals surface area (Å²) in [5.74, 6) is 0.640. The van der Waals surface area contributed by atoms with Crippen LogP contribution in [0.3, 0.4) is 0 Å². The van der Waals surface area contributed by atoms with Crippen LogP contribution in [0.4, 0.5) is 0 Å². The number of carbonyl (C=O) groups excluding carboxylic acids is 2. The van der Waals surface area contributed by atoms with E-state index < -0.39 is 0 Å². The summed E-state index contributed by atoms with van der Waals surface area (Å²) in [5, 5.41) is 2.59. The van der Waals surface area contributed by atoms with E-state index in [1.807, 2.05) is 6.92 Å². The molecule has 1 aliphatic heterocycles. The van der Waals surface area contributed by atoms with Crippen molar-refractivity contribution in [1.29, 1.82) is 0 Å². The second kappa shape index (κ2) is 5.94. The van der Waals surface area contributed by atoms with Crippen LogP contribution in [-0.2, 0) is 9.59 Å². The summed E-state index contributed by atoms with van der Waals surface area (Å²) in [5.41, 5.74) is 0. The second-order valence-electron chi connectivity index (χ2n) is 3.63. The van der Waals surface area contributed by atoms with E-state index >= 15 is 0 Å². The molecule has 1 saturated heterocycles. The van der Waals surface area contributed by atoms with Crippen molar-refractivity contribution in [3.63, 3.8) is 0 Å². The highest BCUT2D eigenvalue weighted by Crippen LogP contribution is 2.23. The molecule has 0 aliphatic carbocycles. The third kappa shape index (κ3) is 2.78. The van der Waals surface area contributed by atoms with E-state index in [4.69, 9.17) is 0 Å². The summed E-state index contributed by atoms with van der Waals surface area (Å²) in [7, 11) is 1.60. The predicted octanol–water partition coefficient (Wildman–Crippen LogP) is 0.990. The van der Waals surface area contributed by atoms with Crippen LogP contribution < -0.4 is 5.32 Å². The minimum Gasteiger partial charge on any atom is -0.357 e. The Kier molecular flexibility index (Phi) is 4.86. The molecule has 0 aromatic carbocycles. The lowest BCUT2D eigenvalue weighted by Crippen LogP contribution is -2.45. The van der Waals surface area contributed by atoms with Crippen LogP contribution in [0, 0.1) is 0 Å². The van der Waals surface area contributed by atoms with E-state index in [9.17, 15) is 9.59 Å². The number of nitrogens with zero attached hydrogens (tertiary/aromatic N) is 1. The first-order chi connectivity index (χ1) is 7.61. The number of hydrogen-bond donors (Lipinski definition) is 1. The fourth-order valence-corrected chi connectivity index (χ4v) is 2.43. The quantitative estimate of drug-likeness (QED) is 0.748. The molecule has 1 N–H and O–H groups in total. The Morgan fingerprint density at radius 1 is 1.56 bits per heavy atom. The molecule has 1 rings (SSSR count). The topological polar surface area (TPSA) is 49.4 Å². The van der Waals surface area contributed by atoms with Gasteiger partial charge < -0.3 is 10.2 Å². The number of rotatable bonds is 4. The van der Waals surface area contributed by atoms with Crippen LogP contribution >= 0.6 is 11.8 Å². The van der Waals surface area contributed by atoms with Gasteiger partial charge in [0.25, 0.3) is 5.91 Å². The molecule has 1 fully saturated rings. The van der Waals surface area contributed by atoms with Crippen LogP contribution in [0.1, 0.15) is 19.8 Å². The minimum absolute atomic E-state index is 0.0832. The largest absolute Gasteiger partial charge is 0.357 e. The van der Waals surface area contributed by atoms with Crippen molar-refractivity contribution < 1.29 is 9.59 Å². The van der Waals surface area contributed by atoms with Crippen molar-refractivity contribution in [1.82, 2.24) is 10.2 Å². The molecule has 0 bridgehead atoms. The highest BCUT2D eigenvalue weighted by molar-refractivity contribution is 8.03. The lowest BCUT2D eigenvalue weighted by atomic mass is 10.2. The van der Waals surface area contributed by atoms with Crippen LogP contribution in [0.15, 0.2) is 11.5 Å². The van der Waals surface area contributed by atoms with E-state index in [1.165, 1.54) is 11.8 Å². The molecule has 0 spiro atoms. The van der Waals surface area contributed by atoms with Gasteiger partial charge in [0.1, 0.15) is 6.04 Å². The average molecular weight is 242 g/mol. The molecule has 0 saturated carbocycles. The van der Waals surface area contributed by atoms with E-state index in [1.54, 1.807) is 11.9 Å². The van der Waals surface area contributed by atoms with Crippen LogP contribution in [-0.4, -0.2) is 42.1 Å². The standard InChI is InChI=1S/C11H18N2O2S/c1-4-16-8(2)11(15)13-7-5-6-9(13)10(14)12-3/h9H,2,4-7H2,1,3H3,(H,12,14)/t9-/m0/s1. The summed E-state index contributed by atoms with van der Waals surface area (Å²) in [4.78, 5) is 25.7. The molecule has 0 aromatic heterocycles. The van der Waals surface area contributed by atoms with Gasteiger partial charge >= 0.3 is 0 Å². The smallest absolute Gasteiger partial charge is 0.260 e. The molecule has 0 aromatic rings. The van der Waals surface area contributed by atoms with Crippen LogP contribution in [0.2, 0.25) is 0 Å². The predicted molar refractivity (Wildman–Crippen MR) is 66.1 cm³/mol. The Hall–Kier alpha value is -0.970. The fraction of sp³-hybridized carbons (Fsp3) is 0.636. The summed E-state index contributed by atoms with van der Waals surface area (Å²) < 4.78 is 0. The zero-order valence-corrected chi connectivity index (χ0v) is 10.6. The van der Waals surface area contributed by atoms with Gasteiger partial charge in [-0.25, -0.2) is 0 Å². The SMILES string of the molecule is C=C(SCC)C(=O)N1CCC[C@H]1C(=O)NC. The lowest BCUT2D eigenvalue weighted by Gasteiger charge is -2.23. The first-order valence-electron chi connectivity index (χ1n) is 5.46. The molecule has 0 unspecified atom stereocenters. The third-order valence-electron chi connectivity index (χ3n) is 2.62. The molecule has 90 valence electrons. The number of thioether (sulfide) groups is 1. The molecule has 2 amide bonds. The number of carbonyl (C=O) groups is 2. The first kappa shape index (κ1) is 13.1. The van der Waals surface area contributed by atoms with Gasteiger partial charge in [0.2, 0.25) is 5.91 Å². The molecular formula is C11H18N2O2S. The molecule has 1 aliphatic rings. The van der Waals surface area contributed by atoms with Crippen molar-refractivity contribution >= 4 is 23.6 Å². The molecule has 5 heteroatoms. The lowest BCUT2D eigenvalue weighted by molar-refractivity contribution is -0.135. The Morgan fingerprint density at radius 3 is 2.81 bits per heavy atom. The Morgan fingerprint density at radius 2 is 2.25 bits per heavy atom. The molecule has 16 heavy (non-hydrogen) atoms. The van der Waals surface area contributed by atoms with Crippen molar-refractivity contribution in [3.8, 4) is 0 Å². The summed E-state index contributed by atoms with van der Waals surface area (Å²) >= 11 is 1.43. The third-order valence-corrected chi connectivity index (χ3v) is 3.43. The van der Waals surface area contributed by atoms with Crippen molar-refractivity contribution in [2.75, 3.05) is 19.3 Å². The van der Waals surface area contributed by atoms with Gasteiger partial charge in [-0.1, -0.05) is 13.5 Å². The van der Waals surface area contributed by atoms with Crippen LogP contribution in [0.5, 0.6) is 0 Å². The van der Waals surface area contributed by atoms with Gasteiger partial charge in [-0.2, -0.15) is 0 Å². The van der Waals surface area contributed by atoms with E-state index in [0.717, 1.165) is 18.6 Å². The van der Waals surface area contributed by atoms with Gasteiger partial charge in [-0.15, -0.1) is 11.8 Å². The van der Waals surface area contributed by atoms with Gasteiger partial charge in [-0.3, -0.25) is 9.59 Å². The van der Waals surface area contributed by atoms with Gasteiger partial charge in [0, 0.05) is 13.6 Å². The Bertz CT molecular complexity index is 304. The van der Waals surface area contributed by atoms with Gasteiger partial charge in [-0.05, 0) is 18.6 Å². The first-order valence-corrected chi connectivity index (χ1v) is 6.44. The molecule has 1 heterocycles. The zero-order chi connectivity index (χ0) is 12.1. The Labute approximate surface area is 100 Å². The van der Waals surface area contributed by atoms with Gasteiger partial charge in [0.15, 0.2) is 0 Å². The number of likely N-dealkylation sites (tertiary alicyclic amines) is 1. The zero-order valence-electron chi connectivity index (χ0n) is 9.78. The highest BCUT2D eigenvalue weighted by atomic mass is 32.2. The maximum atomic E-state index is 12.0. The van der Waals surface area contributed by atoms with E-state index in [0.29, 0.717) is 11.4 Å². The van der Waals surface area contributed by atoms with Crippen molar-refractivity contribution in [3.05, 3.63) is 11.5 Å². The second-order valence-corrected chi connectivity index (χ2v) is 4.99. The average Bonchev–Trinajstić information content (AvgIpc) is 2.76. The summed E-state index contributed by atoms with van der Waals surface area (Å²) in [6.07, 6.45) is 1.63. The van der Waals surface area contributed by atoms with E-state index in [-0.39, 0.29) is 17.9 Å². The Balaban J connectivity index is 2.67. The summed E-state index contributed by atoms with van der Waals surface area (Å²) in [6, 6.07) is -0.313. The van der Waals surface area contributed by atoms with E-state index in [2.05, 4.69) is 11.9 Å². The highest BCUT2D eigenvalue weighted by Gasteiger charge is 2.34. The maximum absolute atomic E-state index is 12.0. The summed E-state index contributed by atoms with van der Waals surface area (Å²) in [6.45, 7) is 6.38. The number of nitrogens with one attached hydrogen (secondary N) is 1. The molecular weight excluding hydrogens is 224 g/mol. The normalized spacial score (nSPS) is 19.6. The fourth-order valence-electron chi connectivity index (χ4n) is 1.85. The maximum Gasteiger partial charge on any atom is 0.260 e. The molecule has 4 nitrogen and oxygen atoms in total. The van der Waals surface area contributed by atoms with Crippen molar-refractivity contribution in [2.24, 2.45) is 0 Å². The number of likely N-dealkylation sites (N-methyl/N-ethyl adjacent to an activating group) is 1. The molecule has 0 radical (unpaired) electrons. The monoisotopic (exact) mass is 242 g/mol. The van der Waals surface area contributed by atoms with Crippen molar-refractivity contribution in [2.45, 2.75) is 25.8 Å². The van der Waals surface area contributed by atoms with Gasteiger partial charge in [0.05, 0.1) is 4.91 Å². The number of hydrogen-bond acceptors (Lipinski definition) is 3. The number of amides is 2. The molecule has 1 atom stereocenters.